The molecule has 2 aliphatic heterocycles. The van der Waals surface area contributed by atoms with Crippen molar-refractivity contribution in [2.45, 2.75) is 39.3 Å². The summed E-state index contributed by atoms with van der Waals surface area (Å²) >= 11 is 0. The maximum atomic E-state index is 13.4. The van der Waals surface area contributed by atoms with Crippen LogP contribution in [0.2, 0.25) is 0 Å². The maximum Gasteiger partial charge on any atom is 0.264 e. The van der Waals surface area contributed by atoms with Crippen molar-refractivity contribution in [2.75, 3.05) is 49.6 Å². The summed E-state index contributed by atoms with van der Waals surface area (Å²) in [7, 11) is 0. The van der Waals surface area contributed by atoms with Crippen LogP contribution in [0.25, 0.3) is 10.9 Å². The summed E-state index contributed by atoms with van der Waals surface area (Å²) in [5.74, 6) is 0.601. The number of ether oxygens (including phenoxy) is 1. The first kappa shape index (κ1) is 22.9. The summed E-state index contributed by atoms with van der Waals surface area (Å²) in [6.45, 7) is 10.9. The van der Waals surface area contributed by atoms with Gasteiger partial charge in [-0.1, -0.05) is 18.2 Å². The molecule has 0 radical (unpaired) electrons. The number of aryl methyl sites for hydroxylation is 1. The van der Waals surface area contributed by atoms with Gasteiger partial charge in [0.25, 0.3) is 6.43 Å². The zero-order valence-corrected chi connectivity index (χ0v) is 19.8. The highest BCUT2D eigenvalue weighted by molar-refractivity contribution is 5.92. The lowest BCUT2D eigenvalue weighted by atomic mass is 9.97. The Kier molecular flexibility index (Phi) is 6.31. The van der Waals surface area contributed by atoms with Crippen molar-refractivity contribution in [1.29, 1.82) is 0 Å². The second-order valence-electron chi connectivity index (χ2n) is 9.16. The molecule has 0 bridgehead atoms. The number of hydrogen-bond donors (Lipinski definition) is 1. The zero-order chi connectivity index (χ0) is 23.8. The average Bonchev–Trinajstić information content (AvgIpc) is 2.85. The molecule has 2 fully saturated rings. The number of rotatable bonds is 5. The van der Waals surface area contributed by atoms with Gasteiger partial charge in [0.15, 0.2) is 5.82 Å². The molecule has 0 aliphatic carbocycles. The lowest BCUT2D eigenvalue weighted by molar-refractivity contribution is -0.0116. The van der Waals surface area contributed by atoms with Gasteiger partial charge < -0.3 is 15.0 Å². The van der Waals surface area contributed by atoms with E-state index in [4.69, 9.17) is 9.72 Å². The topological polar surface area (TPSA) is 66.4 Å². The molecular weight excluding hydrogens is 438 g/mol. The molecule has 2 atom stereocenters. The standard InChI is InChI=1S/C25H30F2N6O/c1-15-20(5-4-6-21(15)24(26)27)16(2)29-25-22-11-18(12-28-23(22)17(3)30-31-25)33-8-7-32-9-10-34-14-19(32)13-33/h4-6,11-12,16,19,24H,7-10,13-14H2,1-3H3,(H,29,31)/t16-,19+/m1/s1. The minimum absolute atomic E-state index is 0.0563. The lowest BCUT2D eigenvalue weighted by Gasteiger charge is -2.44. The Morgan fingerprint density at radius 3 is 2.76 bits per heavy atom. The third-order valence-corrected chi connectivity index (χ3v) is 7.05. The number of pyridine rings is 1. The minimum Gasteiger partial charge on any atom is -0.378 e. The summed E-state index contributed by atoms with van der Waals surface area (Å²) in [6.07, 6.45) is -0.603. The van der Waals surface area contributed by atoms with Crippen LogP contribution in [-0.2, 0) is 4.74 Å². The van der Waals surface area contributed by atoms with Gasteiger partial charge in [-0.2, -0.15) is 5.10 Å². The number of anilines is 2. The number of aromatic nitrogens is 3. The molecule has 0 saturated carbocycles. The molecule has 2 aliphatic rings. The van der Waals surface area contributed by atoms with Crippen LogP contribution >= 0.6 is 0 Å². The Morgan fingerprint density at radius 1 is 1.12 bits per heavy atom. The summed E-state index contributed by atoms with van der Waals surface area (Å²) in [6, 6.07) is 7.29. The van der Waals surface area contributed by atoms with E-state index < -0.39 is 6.43 Å². The number of alkyl halides is 2. The molecule has 4 heterocycles. The predicted molar refractivity (Wildman–Crippen MR) is 129 cm³/mol. The fourth-order valence-electron chi connectivity index (χ4n) is 5.07. The van der Waals surface area contributed by atoms with Crippen LogP contribution in [0, 0.1) is 13.8 Å². The third kappa shape index (κ3) is 4.30. The number of hydrogen-bond acceptors (Lipinski definition) is 7. The van der Waals surface area contributed by atoms with Gasteiger partial charge in [0.05, 0.1) is 48.4 Å². The summed E-state index contributed by atoms with van der Waals surface area (Å²) < 4.78 is 32.5. The minimum atomic E-state index is -2.51. The van der Waals surface area contributed by atoms with E-state index in [2.05, 4.69) is 31.4 Å². The quantitative estimate of drug-likeness (QED) is 0.600. The molecule has 34 heavy (non-hydrogen) atoms. The molecule has 9 heteroatoms. The number of nitrogens with one attached hydrogen (secondary N) is 1. The molecule has 0 amide bonds. The maximum absolute atomic E-state index is 13.4. The fraction of sp³-hybridized carbons (Fsp3) is 0.480. The SMILES string of the molecule is Cc1c(C(F)F)cccc1[C@@H](C)Nc1nnc(C)c2ncc(N3CCN4CCOC[C@@H]4C3)cc12. The normalized spacial score (nSPS) is 19.9. The van der Waals surface area contributed by atoms with E-state index >= 15 is 0 Å². The van der Waals surface area contributed by atoms with Crippen molar-refractivity contribution >= 4 is 22.4 Å². The van der Waals surface area contributed by atoms with Crippen molar-refractivity contribution in [3.8, 4) is 0 Å². The number of benzene rings is 1. The van der Waals surface area contributed by atoms with E-state index in [1.54, 1.807) is 13.0 Å². The van der Waals surface area contributed by atoms with E-state index in [1.807, 2.05) is 26.1 Å². The monoisotopic (exact) mass is 468 g/mol. The Labute approximate surface area is 198 Å². The van der Waals surface area contributed by atoms with Gasteiger partial charge >= 0.3 is 0 Å². The van der Waals surface area contributed by atoms with Crippen LogP contribution in [0.4, 0.5) is 20.3 Å². The number of halogens is 2. The molecule has 7 nitrogen and oxygen atoms in total. The summed E-state index contributed by atoms with van der Waals surface area (Å²) in [5.41, 5.74) is 4.03. The fourth-order valence-corrected chi connectivity index (χ4v) is 5.07. The predicted octanol–water partition coefficient (Wildman–Crippen LogP) is 4.27. The molecule has 1 aromatic carbocycles. The number of fused-ring (bicyclic) bond motifs is 2. The number of morpholine rings is 1. The van der Waals surface area contributed by atoms with Gasteiger partial charge in [0, 0.05) is 37.1 Å². The van der Waals surface area contributed by atoms with E-state index in [-0.39, 0.29) is 11.6 Å². The molecule has 2 aromatic heterocycles. The molecule has 3 aromatic rings. The molecule has 0 unspecified atom stereocenters. The van der Waals surface area contributed by atoms with Crippen molar-refractivity contribution in [3.63, 3.8) is 0 Å². The Bertz CT molecular complexity index is 1190. The van der Waals surface area contributed by atoms with Crippen molar-refractivity contribution in [3.05, 3.63) is 52.8 Å². The van der Waals surface area contributed by atoms with Crippen molar-refractivity contribution in [1.82, 2.24) is 20.1 Å². The van der Waals surface area contributed by atoms with E-state index in [0.717, 1.165) is 67.2 Å². The van der Waals surface area contributed by atoms with Crippen LogP contribution in [0.1, 0.15) is 41.8 Å². The molecule has 1 N–H and O–H groups in total. The average molecular weight is 469 g/mol. The Hall–Kier alpha value is -2.91. The first-order chi connectivity index (χ1) is 16.4. The molecule has 2 saturated heterocycles. The van der Waals surface area contributed by atoms with Gasteiger partial charge in [-0.25, -0.2) is 8.78 Å². The van der Waals surface area contributed by atoms with Gasteiger partial charge in [0.2, 0.25) is 0 Å². The molecule has 0 spiro atoms. The Balaban J connectivity index is 1.45. The van der Waals surface area contributed by atoms with Crippen molar-refractivity contribution < 1.29 is 13.5 Å². The van der Waals surface area contributed by atoms with E-state index in [1.165, 1.54) is 6.07 Å². The van der Waals surface area contributed by atoms with Gasteiger partial charge in [-0.05, 0) is 38.0 Å². The molecule has 180 valence electrons. The largest absolute Gasteiger partial charge is 0.378 e. The molecular formula is C25H30F2N6O. The van der Waals surface area contributed by atoms with Gasteiger partial charge in [0.1, 0.15) is 0 Å². The van der Waals surface area contributed by atoms with Crippen LogP contribution in [0.15, 0.2) is 30.5 Å². The highest BCUT2D eigenvalue weighted by atomic mass is 19.3. The lowest BCUT2D eigenvalue weighted by Crippen LogP contribution is -2.58. The summed E-state index contributed by atoms with van der Waals surface area (Å²) in [5, 5.41) is 13.0. The van der Waals surface area contributed by atoms with Crippen LogP contribution in [0.3, 0.4) is 0 Å². The highest BCUT2D eigenvalue weighted by Gasteiger charge is 2.30. The van der Waals surface area contributed by atoms with Crippen LogP contribution in [-0.4, -0.2) is 65.5 Å². The second-order valence-corrected chi connectivity index (χ2v) is 9.16. The van der Waals surface area contributed by atoms with E-state index in [0.29, 0.717) is 17.4 Å². The smallest absolute Gasteiger partial charge is 0.264 e. The zero-order valence-electron chi connectivity index (χ0n) is 19.8. The van der Waals surface area contributed by atoms with E-state index in [9.17, 15) is 8.78 Å². The first-order valence-corrected chi connectivity index (χ1v) is 11.8. The second kappa shape index (κ2) is 9.38. The van der Waals surface area contributed by atoms with Crippen LogP contribution in [0.5, 0.6) is 0 Å². The number of piperazine rings is 1. The van der Waals surface area contributed by atoms with Gasteiger partial charge in [-0.3, -0.25) is 9.88 Å². The highest BCUT2D eigenvalue weighted by Crippen LogP contribution is 2.32. The van der Waals surface area contributed by atoms with Gasteiger partial charge in [-0.15, -0.1) is 5.10 Å². The number of nitrogens with zero attached hydrogens (tertiary/aromatic N) is 5. The van der Waals surface area contributed by atoms with Crippen LogP contribution < -0.4 is 10.2 Å². The first-order valence-electron chi connectivity index (χ1n) is 11.8. The third-order valence-electron chi connectivity index (χ3n) is 7.05. The molecule has 5 rings (SSSR count). The Morgan fingerprint density at radius 2 is 1.94 bits per heavy atom. The summed E-state index contributed by atoms with van der Waals surface area (Å²) in [4.78, 5) is 9.57. The van der Waals surface area contributed by atoms with Crippen molar-refractivity contribution in [2.24, 2.45) is 0 Å².